The molecule has 1 N–H and O–H groups in total. The van der Waals surface area contributed by atoms with Crippen molar-refractivity contribution in [3.8, 4) is 11.1 Å². The minimum Gasteiger partial charge on any atom is -0.303 e. The molecule has 2 aliphatic heterocycles. The molecule has 1 fully saturated rings. The lowest BCUT2D eigenvalue weighted by Gasteiger charge is -2.26. The van der Waals surface area contributed by atoms with Crippen molar-refractivity contribution < 1.29 is 13.2 Å². The average molecular weight is 436 g/mol. The number of nitrogens with zero attached hydrogens (tertiary/aromatic N) is 2. The highest BCUT2D eigenvalue weighted by Gasteiger charge is 2.30. The molecule has 3 heterocycles. The third kappa shape index (κ3) is 3.72. The van der Waals surface area contributed by atoms with Crippen molar-refractivity contribution in [2.24, 2.45) is 0 Å². The van der Waals surface area contributed by atoms with E-state index in [1.807, 2.05) is 18.2 Å². The monoisotopic (exact) mass is 435 g/mol. The Morgan fingerprint density at radius 1 is 1.03 bits per heavy atom. The largest absolute Gasteiger partial charge is 0.303 e. The van der Waals surface area contributed by atoms with Crippen LogP contribution in [0.2, 0.25) is 0 Å². The SMILES string of the molecule is O=C(CCCN1CCCCC1)c1cc2c(c3ncccc13)NS(=O)(=O)c1ccccc1-2. The summed E-state index contributed by atoms with van der Waals surface area (Å²) in [6.07, 6.45) is 6.69. The quantitative estimate of drug-likeness (QED) is 0.599. The van der Waals surface area contributed by atoms with E-state index in [9.17, 15) is 13.2 Å². The molecule has 7 heteroatoms. The van der Waals surface area contributed by atoms with Crippen LogP contribution in [-0.2, 0) is 10.0 Å². The fourth-order valence-corrected chi connectivity index (χ4v) is 5.99. The summed E-state index contributed by atoms with van der Waals surface area (Å²) in [5.74, 6) is 0.0729. The van der Waals surface area contributed by atoms with Crippen LogP contribution in [0.5, 0.6) is 0 Å². The first-order valence-electron chi connectivity index (χ1n) is 10.8. The predicted molar refractivity (Wildman–Crippen MR) is 122 cm³/mol. The molecule has 0 atom stereocenters. The van der Waals surface area contributed by atoms with Crippen LogP contribution in [0.4, 0.5) is 5.69 Å². The van der Waals surface area contributed by atoms with E-state index in [1.165, 1.54) is 19.3 Å². The van der Waals surface area contributed by atoms with Gasteiger partial charge in [0.05, 0.1) is 16.1 Å². The van der Waals surface area contributed by atoms with Gasteiger partial charge in [-0.2, -0.15) is 0 Å². The van der Waals surface area contributed by atoms with E-state index in [1.54, 1.807) is 30.5 Å². The molecule has 1 aromatic heterocycles. The number of likely N-dealkylation sites (tertiary alicyclic amines) is 1. The van der Waals surface area contributed by atoms with E-state index in [0.717, 1.165) is 26.1 Å². The summed E-state index contributed by atoms with van der Waals surface area (Å²) < 4.78 is 28.2. The van der Waals surface area contributed by atoms with Crippen LogP contribution in [0.1, 0.15) is 42.5 Å². The lowest BCUT2D eigenvalue weighted by atomic mass is 9.93. The van der Waals surface area contributed by atoms with Gasteiger partial charge < -0.3 is 4.90 Å². The minimum atomic E-state index is -3.69. The number of sulfonamides is 1. The van der Waals surface area contributed by atoms with Crippen LogP contribution >= 0.6 is 0 Å². The number of ketones is 1. The van der Waals surface area contributed by atoms with Crippen molar-refractivity contribution in [2.75, 3.05) is 24.4 Å². The number of Topliss-reactive ketones (excluding diaryl/α,β-unsaturated/α-hetero) is 1. The summed E-state index contributed by atoms with van der Waals surface area (Å²) >= 11 is 0. The lowest BCUT2D eigenvalue weighted by molar-refractivity contribution is 0.0974. The van der Waals surface area contributed by atoms with Crippen molar-refractivity contribution in [3.63, 3.8) is 0 Å². The van der Waals surface area contributed by atoms with Crippen molar-refractivity contribution in [1.82, 2.24) is 9.88 Å². The molecule has 160 valence electrons. The highest BCUT2D eigenvalue weighted by atomic mass is 32.2. The zero-order valence-corrected chi connectivity index (χ0v) is 18.1. The molecule has 6 nitrogen and oxygen atoms in total. The van der Waals surface area contributed by atoms with Crippen LogP contribution in [-0.4, -0.2) is 43.7 Å². The summed E-state index contributed by atoms with van der Waals surface area (Å²) in [7, 11) is -3.69. The van der Waals surface area contributed by atoms with Crippen LogP contribution in [0, 0.1) is 0 Å². The molecule has 5 rings (SSSR count). The summed E-state index contributed by atoms with van der Waals surface area (Å²) in [6.45, 7) is 3.18. The summed E-state index contributed by atoms with van der Waals surface area (Å²) in [5.41, 5.74) is 2.87. The van der Waals surface area contributed by atoms with Crippen LogP contribution in [0.25, 0.3) is 22.0 Å². The highest BCUT2D eigenvalue weighted by Crippen LogP contribution is 2.43. The molecule has 0 saturated carbocycles. The topological polar surface area (TPSA) is 79.4 Å². The molecule has 2 aliphatic rings. The van der Waals surface area contributed by atoms with E-state index in [0.29, 0.717) is 39.7 Å². The maximum atomic E-state index is 13.2. The number of hydrogen-bond donors (Lipinski definition) is 1. The average Bonchev–Trinajstić information content (AvgIpc) is 2.79. The number of carbonyl (C=O) groups is 1. The van der Waals surface area contributed by atoms with Gasteiger partial charge in [0, 0.05) is 34.7 Å². The van der Waals surface area contributed by atoms with E-state index in [-0.39, 0.29) is 10.7 Å². The van der Waals surface area contributed by atoms with E-state index in [4.69, 9.17) is 0 Å². The van der Waals surface area contributed by atoms with Crippen LogP contribution < -0.4 is 4.72 Å². The fourth-order valence-electron chi connectivity index (χ4n) is 4.68. The molecule has 31 heavy (non-hydrogen) atoms. The first-order chi connectivity index (χ1) is 15.0. The van der Waals surface area contributed by atoms with Gasteiger partial charge in [0.15, 0.2) is 5.78 Å². The predicted octanol–water partition coefficient (Wildman–Crippen LogP) is 4.46. The number of piperidine rings is 1. The summed E-state index contributed by atoms with van der Waals surface area (Å²) in [4.78, 5) is 20.3. The second-order valence-corrected chi connectivity index (χ2v) is 9.93. The number of pyridine rings is 1. The van der Waals surface area contributed by atoms with Crippen LogP contribution in [0.3, 0.4) is 0 Å². The molecule has 3 aromatic rings. The maximum absolute atomic E-state index is 13.2. The van der Waals surface area contributed by atoms with Gasteiger partial charge in [-0.1, -0.05) is 30.7 Å². The standard InChI is InChI=1S/C24H25N3O3S/c28-21(10-7-15-27-13-4-1-5-14-27)19-16-20-17-8-2-3-11-22(17)31(29,30)26-24(20)23-18(19)9-6-12-25-23/h2-3,6,8-9,11-12,16,26H,1,4-5,7,10,13-15H2. The van der Waals surface area contributed by atoms with Gasteiger partial charge in [0.1, 0.15) is 0 Å². The normalized spacial score (nSPS) is 17.5. The Balaban J connectivity index is 1.53. The molecule has 0 aliphatic carbocycles. The van der Waals surface area contributed by atoms with Crippen molar-refractivity contribution in [3.05, 3.63) is 54.2 Å². The molecule has 1 saturated heterocycles. The molecule has 0 unspecified atom stereocenters. The molecule has 0 radical (unpaired) electrons. The first kappa shape index (κ1) is 20.2. The lowest BCUT2D eigenvalue weighted by Crippen LogP contribution is -2.30. The highest BCUT2D eigenvalue weighted by molar-refractivity contribution is 7.93. The smallest absolute Gasteiger partial charge is 0.262 e. The minimum absolute atomic E-state index is 0.0729. The number of rotatable bonds is 5. The zero-order valence-electron chi connectivity index (χ0n) is 17.3. The van der Waals surface area contributed by atoms with Gasteiger partial charge in [-0.15, -0.1) is 0 Å². The van der Waals surface area contributed by atoms with Gasteiger partial charge in [-0.25, -0.2) is 8.42 Å². The van der Waals surface area contributed by atoms with Gasteiger partial charge in [0.2, 0.25) is 0 Å². The number of anilines is 1. The Morgan fingerprint density at radius 3 is 2.68 bits per heavy atom. The van der Waals surface area contributed by atoms with Gasteiger partial charge in [-0.05, 0) is 57.1 Å². The number of fused-ring (bicyclic) bond motifs is 5. The second-order valence-electron chi connectivity index (χ2n) is 8.28. The van der Waals surface area contributed by atoms with Crippen molar-refractivity contribution >= 4 is 32.4 Å². The van der Waals surface area contributed by atoms with Crippen molar-refractivity contribution in [1.29, 1.82) is 0 Å². The molecule has 0 bridgehead atoms. The number of hydrogen-bond acceptors (Lipinski definition) is 5. The summed E-state index contributed by atoms with van der Waals surface area (Å²) in [5, 5.41) is 0.686. The van der Waals surface area contributed by atoms with E-state index >= 15 is 0 Å². The number of benzene rings is 2. The zero-order chi connectivity index (χ0) is 21.4. The van der Waals surface area contributed by atoms with Gasteiger partial charge in [-0.3, -0.25) is 14.5 Å². The number of aromatic nitrogens is 1. The Morgan fingerprint density at radius 2 is 1.84 bits per heavy atom. The maximum Gasteiger partial charge on any atom is 0.262 e. The van der Waals surface area contributed by atoms with Gasteiger partial charge in [0.25, 0.3) is 10.0 Å². The molecular formula is C24H25N3O3S. The molecular weight excluding hydrogens is 410 g/mol. The molecule has 0 amide bonds. The third-order valence-corrected chi connectivity index (χ3v) is 7.63. The Kier molecular flexibility index (Phi) is 5.24. The first-order valence-corrected chi connectivity index (χ1v) is 12.3. The van der Waals surface area contributed by atoms with Crippen molar-refractivity contribution in [2.45, 2.75) is 37.0 Å². The third-order valence-electron chi connectivity index (χ3n) is 6.22. The summed E-state index contributed by atoms with van der Waals surface area (Å²) in [6, 6.07) is 12.3. The van der Waals surface area contributed by atoms with Crippen LogP contribution in [0.15, 0.2) is 53.6 Å². The fraction of sp³-hybridized carbons (Fsp3) is 0.333. The molecule has 2 aromatic carbocycles. The number of nitrogens with one attached hydrogen (secondary N) is 1. The van der Waals surface area contributed by atoms with Gasteiger partial charge >= 0.3 is 0 Å². The van der Waals surface area contributed by atoms with E-state index < -0.39 is 10.0 Å². The Bertz CT molecular complexity index is 1260. The van der Waals surface area contributed by atoms with E-state index in [2.05, 4.69) is 14.6 Å². The number of carbonyl (C=O) groups excluding carboxylic acids is 1. The Labute approximate surface area is 182 Å². The Hall–Kier alpha value is -2.77. The second kappa shape index (κ2) is 8.05. The molecule has 0 spiro atoms.